The van der Waals surface area contributed by atoms with Crippen LogP contribution in [0.1, 0.15) is 49.7 Å². The molecule has 0 unspecified atom stereocenters. The van der Waals surface area contributed by atoms with Crippen LogP contribution in [0.4, 0.5) is 14.5 Å². The van der Waals surface area contributed by atoms with E-state index in [-0.39, 0.29) is 11.5 Å². The van der Waals surface area contributed by atoms with E-state index in [0.717, 1.165) is 55.0 Å². The Kier molecular flexibility index (Phi) is 5.12. The largest absolute Gasteiger partial charge is 0.481 e. The topological polar surface area (TPSA) is 55.2 Å². The molecule has 0 radical (unpaired) electrons. The van der Waals surface area contributed by atoms with Crippen LogP contribution < -0.4 is 10.1 Å². The second-order valence-electron chi connectivity index (χ2n) is 8.94. The van der Waals surface area contributed by atoms with Gasteiger partial charge in [0.1, 0.15) is 17.5 Å². The Balaban J connectivity index is 1.45. The number of fused-ring (bicyclic) bond motifs is 4. The Bertz CT molecular complexity index is 1150. The van der Waals surface area contributed by atoms with Gasteiger partial charge in [-0.25, -0.2) is 13.8 Å². The number of likely N-dealkylation sites (tertiary alicyclic amines) is 1. The predicted octanol–water partition coefficient (Wildman–Crippen LogP) is 4.59. The number of pyridine rings is 1. The maximum atomic E-state index is 14.1. The number of ether oxygens (including phenoxy) is 1. The minimum absolute atomic E-state index is 0.237. The zero-order valence-corrected chi connectivity index (χ0v) is 18.5. The molecule has 1 saturated heterocycles. The third kappa shape index (κ3) is 3.43. The lowest BCUT2D eigenvalue weighted by Gasteiger charge is -2.46. The van der Waals surface area contributed by atoms with Crippen LogP contribution in [0.15, 0.2) is 36.5 Å². The van der Waals surface area contributed by atoms with Crippen molar-refractivity contribution in [3.05, 3.63) is 65.2 Å². The van der Waals surface area contributed by atoms with Crippen molar-refractivity contribution >= 4 is 5.69 Å². The molecule has 5 rings (SSSR count). The molecule has 4 heterocycles. The molecular formula is C24H27F2N5O. The molecule has 0 bridgehead atoms. The number of nitrogens with one attached hydrogen (secondary N) is 1. The number of anilines is 1. The van der Waals surface area contributed by atoms with Crippen molar-refractivity contribution in [3.8, 4) is 11.7 Å². The summed E-state index contributed by atoms with van der Waals surface area (Å²) in [5.41, 5.74) is 2.30. The first kappa shape index (κ1) is 20.9. The molecule has 1 aromatic carbocycles. The molecule has 8 heteroatoms. The summed E-state index contributed by atoms with van der Waals surface area (Å²) in [6.07, 6.45) is 3.64. The van der Waals surface area contributed by atoms with Crippen molar-refractivity contribution in [1.82, 2.24) is 19.4 Å². The number of hydrogen-bond acceptors (Lipinski definition) is 5. The Morgan fingerprint density at radius 1 is 1.16 bits per heavy atom. The fourth-order valence-electron chi connectivity index (χ4n) is 4.83. The summed E-state index contributed by atoms with van der Waals surface area (Å²) in [6, 6.07) is 7.68. The number of nitrogens with zero attached hydrogens (tertiary/aromatic N) is 4. The van der Waals surface area contributed by atoms with Gasteiger partial charge in [-0.2, -0.15) is 4.98 Å². The molecule has 2 aromatic heterocycles. The number of imidazole rings is 1. The van der Waals surface area contributed by atoms with E-state index in [1.54, 1.807) is 7.11 Å². The van der Waals surface area contributed by atoms with Crippen LogP contribution in [0.25, 0.3) is 5.82 Å². The molecule has 1 fully saturated rings. The van der Waals surface area contributed by atoms with Crippen molar-refractivity contribution in [2.75, 3.05) is 25.5 Å². The summed E-state index contributed by atoms with van der Waals surface area (Å²) in [6.45, 7) is 6.29. The van der Waals surface area contributed by atoms with E-state index in [0.29, 0.717) is 18.0 Å². The van der Waals surface area contributed by atoms with Gasteiger partial charge in [0.15, 0.2) is 5.82 Å². The quantitative estimate of drug-likeness (QED) is 0.644. The molecule has 6 nitrogen and oxygen atoms in total. The third-order valence-corrected chi connectivity index (χ3v) is 6.56. The smallest absolute Gasteiger partial charge is 0.215 e. The second kappa shape index (κ2) is 7.85. The van der Waals surface area contributed by atoms with E-state index in [1.165, 1.54) is 12.1 Å². The summed E-state index contributed by atoms with van der Waals surface area (Å²) < 4.78 is 34.9. The first-order valence-electron chi connectivity index (χ1n) is 11.0. The standard InChI is InChI=1S/C24H27F2N5O/c1-15(2)22-27-13-20-24(29-19-6-7-21(32-3)28-23(19)31(20)22)8-10-30(11-9-24)14-16-4-5-17(25)12-18(16)26/h4-7,12-13,15,29H,8-11,14H2,1-3H3. The zero-order chi connectivity index (χ0) is 22.5. The van der Waals surface area contributed by atoms with Gasteiger partial charge in [0.2, 0.25) is 5.88 Å². The number of halogens is 2. The van der Waals surface area contributed by atoms with E-state index < -0.39 is 11.6 Å². The highest BCUT2D eigenvalue weighted by Crippen LogP contribution is 2.44. The highest BCUT2D eigenvalue weighted by atomic mass is 19.1. The predicted molar refractivity (Wildman–Crippen MR) is 118 cm³/mol. The summed E-state index contributed by atoms with van der Waals surface area (Å²) in [4.78, 5) is 11.7. The summed E-state index contributed by atoms with van der Waals surface area (Å²) in [5, 5.41) is 3.75. The van der Waals surface area contributed by atoms with Crippen LogP contribution in [-0.2, 0) is 12.1 Å². The highest BCUT2D eigenvalue weighted by molar-refractivity contribution is 5.65. The molecule has 1 N–H and O–H groups in total. The maximum Gasteiger partial charge on any atom is 0.215 e. The molecule has 0 aliphatic carbocycles. The van der Waals surface area contributed by atoms with Crippen molar-refractivity contribution < 1.29 is 13.5 Å². The summed E-state index contributed by atoms with van der Waals surface area (Å²) >= 11 is 0. The van der Waals surface area contributed by atoms with Gasteiger partial charge in [0.25, 0.3) is 0 Å². The normalized spacial score (nSPS) is 17.2. The second-order valence-corrected chi connectivity index (χ2v) is 8.94. The van der Waals surface area contributed by atoms with Gasteiger partial charge in [-0.3, -0.25) is 9.47 Å². The number of piperidine rings is 1. The third-order valence-electron chi connectivity index (χ3n) is 6.56. The van der Waals surface area contributed by atoms with Crippen molar-refractivity contribution in [3.63, 3.8) is 0 Å². The molecule has 2 aliphatic rings. The number of hydrogen-bond donors (Lipinski definition) is 1. The van der Waals surface area contributed by atoms with Gasteiger partial charge in [-0.05, 0) is 25.0 Å². The summed E-state index contributed by atoms with van der Waals surface area (Å²) in [7, 11) is 1.62. The van der Waals surface area contributed by atoms with E-state index >= 15 is 0 Å². The van der Waals surface area contributed by atoms with Gasteiger partial charge < -0.3 is 10.1 Å². The van der Waals surface area contributed by atoms with Crippen molar-refractivity contribution in [2.45, 2.75) is 44.7 Å². The first-order chi connectivity index (χ1) is 15.4. The number of rotatable bonds is 4. The number of benzene rings is 1. The lowest BCUT2D eigenvalue weighted by molar-refractivity contribution is 0.160. The Labute approximate surface area is 186 Å². The lowest BCUT2D eigenvalue weighted by atomic mass is 9.82. The van der Waals surface area contributed by atoms with Gasteiger partial charge in [0, 0.05) is 43.2 Å². The lowest BCUT2D eigenvalue weighted by Crippen LogP contribution is -2.49. The van der Waals surface area contributed by atoms with Gasteiger partial charge >= 0.3 is 0 Å². The molecule has 2 aliphatic heterocycles. The molecule has 1 spiro atoms. The van der Waals surface area contributed by atoms with Crippen LogP contribution in [-0.4, -0.2) is 39.6 Å². The number of aromatic nitrogens is 3. The highest BCUT2D eigenvalue weighted by Gasteiger charge is 2.43. The van der Waals surface area contributed by atoms with Crippen molar-refractivity contribution in [2.24, 2.45) is 0 Å². The molecule has 3 aromatic rings. The molecule has 0 atom stereocenters. The number of methoxy groups -OCH3 is 1. The molecular weight excluding hydrogens is 412 g/mol. The summed E-state index contributed by atoms with van der Waals surface area (Å²) in [5.74, 6) is 1.54. The minimum atomic E-state index is -0.548. The monoisotopic (exact) mass is 439 g/mol. The van der Waals surface area contributed by atoms with E-state index in [4.69, 9.17) is 14.7 Å². The van der Waals surface area contributed by atoms with E-state index in [2.05, 4.69) is 28.6 Å². The van der Waals surface area contributed by atoms with Gasteiger partial charge in [0.05, 0.1) is 30.2 Å². The van der Waals surface area contributed by atoms with Crippen LogP contribution in [0.2, 0.25) is 0 Å². The van der Waals surface area contributed by atoms with Gasteiger partial charge in [-0.1, -0.05) is 19.9 Å². The maximum absolute atomic E-state index is 14.1. The van der Waals surface area contributed by atoms with Crippen LogP contribution in [0.3, 0.4) is 0 Å². The minimum Gasteiger partial charge on any atom is -0.481 e. The van der Waals surface area contributed by atoms with Crippen LogP contribution in [0.5, 0.6) is 5.88 Å². The first-order valence-corrected chi connectivity index (χ1v) is 11.0. The average Bonchev–Trinajstić information content (AvgIpc) is 3.24. The molecule has 168 valence electrons. The Morgan fingerprint density at radius 2 is 1.94 bits per heavy atom. The molecule has 0 saturated carbocycles. The fraction of sp³-hybridized carbons (Fsp3) is 0.417. The zero-order valence-electron chi connectivity index (χ0n) is 18.5. The Morgan fingerprint density at radius 3 is 2.62 bits per heavy atom. The Hall–Kier alpha value is -3.00. The van der Waals surface area contributed by atoms with E-state index in [1.807, 2.05) is 18.3 Å². The van der Waals surface area contributed by atoms with Crippen LogP contribution >= 0.6 is 0 Å². The average molecular weight is 440 g/mol. The fourth-order valence-corrected chi connectivity index (χ4v) is 4.83. The van der Waals surface area contributed by atoms with Gasteiger partial charge in [-0.15, -0.1) is 0 Å². The SMILES string of the molecule is COc1ccc2c(n1)-n1c(cnc1C(C)C)C1(CCN(Cc3ccc(F)cc3F)CC1)N2. The van der Waals surface area contributed by atoms with E-state index in [9.17, 15) is 8.78 Å². The van der Waals surface area contributed by atoms with Crippen LogP contribution in [0, 0.1) is 11.6 Å². The molecule has 0 amide bonds. The molecule has 32 heavy (non-hydrogen) atoms. The van der Waals surface area contributed by atoms with Crippen molar-refractivity contribution in [1.29, 1.82) is 0 Å².